The highest BCUT2D eigenvalue weighted by atomic mass is 16.5. The van der Waals surface area contributed by atoms with E-state index >= 15 is 0 Å². The van der Waals surface area contributed by atoms with E-state index in [1.165, 1.54) is 59.0 Å². The van der Waals surface area contributed by atoms with Crippen molar-refractivity contribution < 1.29 is 4.74 Å². The van der Waals surface area contributed by atoms with Gasteiger partial charge in [0.1, 0.15) is 5.75 Å². The van der Waals surface area contributed by atoms with E-state index in [1.54, 1.807) is 0 Å². The van der Waals surface area contributed by atoms with E-state index in [1.807, 2.05) is 6.07 Å². The number of nitrogen functional groups attached to an aromatic ring is 1. The molecule has 0 amide bonds. The van der Waals surface area contributed by atoms with Crippen molar-refractivity contribution in [2.45, 2.75) is 52.5 Å². The van der Waals surface area contributed by atoms with Crippen LogP contribution >= 0.6 is 0 Å². The molecule has 1 aliphatic carbocycles. The van der Waals surface area contributed by atoms with Gasteiger partial charge in [0, 0.05) is 28.8 Å². The predicted molar refractivity (Wildman–Crippen MR) is 109 cm³/mol. The van der Waals surface area contributed by atoms with E-state index in [4.69, 9.17) is 10.5 Å². The maximum absolute atomic E-state index is 6.05. The summed E-state index contributed by atoms with van der Waals surface area (Å²) in [5, 5.41) is 1.36. The summed E-state index contributed by atoms with van der Waals surface area (Å²) >= 11 is 0. The van der Waals surface area contributed by atoms with Gasteiger partial charge in [0.2, 0.25) is 0 Å². The molecule has 0 saturated heterocycles. The first-order chi connectivity index (χ1) is 12.6. The average Bonchev–Trinajstić information content (AvgIpc) is 2.91. The largest absolute Gasteiger partial charge is 0.494 e. The van der Waals surface area contributed by atoms with E-state index in [2.05, 4.69) is 48.7 Å². The molecule has 26 heavy (non-hydrogen) atoms. The molecule has 1 aromatic heterocycles. The van der Waals surface area contributed by atoms with Gasteiger partial charge in [-0.05, 0) is 93.0 Å². The maximum atomic E-state index is 6.05. The summed E-state index contributed by atoms with van der Waals surface area (Å²) in [5.74, 6) is 0.981. The van der Waals surface area contributed by atoms with Crippen LogP contribution in [0.1, 0.15) is 41.6 Å². The highest BCUT2D eigenvalue weighted by molar-refractivity contribution is 5.88. The molecule has 1 heterocycles. The van der Waals surface area contributed by atoms with Crippen LogP contribution in [0.15, 0.2) is 36.4 Å². The lowest BCUT2D eigenvalue weighted by Gasteiger charge is -2.16. The second-order valence-electron chi connectivity index (χ2n) is 7.59. The third kappa shape index (κ3) is 3.31. The molecule has 2 N–H and O–H groups in total. The number of anilines is 1. The number of benzene rings is 2. The topological polar surface area (TPSA) is 40.2 Å². The molecule has 0 radical (unpaired) electrons. The first-order valence-electron chi connectivity index (χ1n) is 9.72. The van der Waals surface area contributed by atoms with Crippen molar-refractivity contribution in [1.29, 1.82) is 0 Å². The Morgan fingerprint density at radius 2 is 1.77 bits per heavy atom. The average molecular weight is 348 g/mol. The van der Waals surface area contributed by atoms with Gasteiger partial charge in [0.05, 0.1) is 6.61 Å². The van der Waals surface area contributed by atoms with Crippen LogP contribution in [0.5, 0.6) is 5.75 Å². The van der Waals surface area contributed by atoms with Crippen LogP contribution in [0.25, 0.3) is 10.9 Å². The molecule has 4 rings (SSSR count). The van der Waals surface area contributed by atoms with Crippen LogP contribution < -0.4 is 10.5 Å². The van der Waals surface area contributed by atoms with Crippen molar-refractivity contribution in [2.75, 3.05) is 12.3 Å². The zero-order chi connectivity index (χ0) is 18.1. The molecule has 3 aromatic rings. The monoisotopic (exact) mass is 348 g/mol. The predicted octanol–water partition coefficient (Wildman–Crippen LogP) is 5.19. The second-order valence-corrected chi connectivity index (χ2v) is 7.59. The molecule has 3 nitrogen and oxygen atoms in total. The molecule has 2 aromatic carbocycles. The summed E-state index contributed by atoms with van der Waals surface area (Å²) in [6.07, 6.45) is 5.95. The fourth-order valence-electron chi connectivity index (χ4n) is 4.34. The summed E-state index contributed by atoms with van der Waals surface area (Å²) in [6.45, 7) is 5.97. The quantitative estimate of drug-likeness (QED) is 0.509. The van der Waals surface area contributed by atoms with Gasteiger partial charge >= 0.3 is 0 Å². The normalized spacial score (nSPS) is 13.8. The molecule has 0 bridgehead atoms. The Bertz CT molecular complexity index is 919. The molecule has 0 unspecified atom stereocenters. The Hall–Kier alpha value is -2.42. The standard InChI is InChI=1S/C23H28N2O/c1-16-12-17(2)14-19(13-16)26-11-5-10-25-22-7-4-3-6-20(22)21-15-18(24)8-9-23(21)25/h8-9,12-15H,3-7,10-11,24H2,1-2H3. The minimum Gasteiger partial charge on any atom is -0.494 e. The van der Waals surface area contributed by atoms with E-state index in [9.17, 15) is 0 Å². The second kappa shape index (κ2) is 7.06. The fraction of sp³-hybridized carbons (Fsp3) is 0.391. The lowest BCUT2D eigenvalue weighted by Crippen LogP contribution is -2.10. The number of ether oxygens (including phenoxy) is 1. The smallest absolute Gasteiger partial charge is 0.119 e. The van der Waals surface area contributed by atoms with Gasteiger partial charge in [-0.25, -0.2) is 0 Å². The Balaban J connectivity index is 1.50. The number of hydrogen-bond donors (Lipinski definition) is 1. The third-order valence-corrected chi connectivity index (χ3v) is 5.39. The molecular weight excluding hydrogens is 320 g/mol. The fourth-order valence-corrected chi connectivity index (χ4v) is 4.34. The SMILES string of the molecule is Cc1cc(C)cc(OCCCn2c3c(c4cc(N)ccc42)CCCC3)c1. The van der Waals surface area contributed by atoms with Crippen molar-refractivity contribution in [3.63, 3.8) is 0 Å². The van der Waals surface area contributed by atoms with Gasteiger partial charge < -0.3 is 15.0 Å². The van der Waals surface area contributed by atoms with Gasteiger partial charge in [-0.3, -0.25) is 0 Å². The Morgan fingerprint density at radius 1 is 1.00 bits per heavy atom. The van der Waals surface area contributed by atoms with Gasteiger partial charge in [-0.15, -0.1) is 0 Å². The van der Waals surface area contributed by atoms with Crippen molar-refractivity contribution in [1.82, 2.24) is 4.57 Å². The minimum atomic E-state index is 0.742. The van der Waals surface area contributed by atoms with Crippen LogP contribution in [0.4, 0.5) is 5.69 Å². The molecule has 1 aliphatic rings. The van der Waals surface area contributed by atoms with Crippen LogP contribution in [-0.2, 0) is 19.4 Å². The highest BCUT2D eigenvalue weighted by Gasteiger charge is 2.19. The maximum Gasteiger partial charge on any atom is 0.119 e. The minimum absolute atomic E-state index is 0.742. The Labute approximate surface area is 155 Å². The first-order valence-corrected chi connectivity index (χ1v) is 9.72. The molecule has 0 saturated carbocycles. The summed E-state index contributed by atoms with van der Waals surface area (Å²) in [7, 11) is 0. The van der Waals surface area contributed by atoms with E-state index in [0.717, 1.165) is 31.0 Å². The molecule has 0 atom stereocenters. The van der Waals surface area contributed by atoms with Crippen molar-refractivity contribution in [3.8, 4) is 5.75 Å². The third-order valence-electron chi connectivity index (χ3n) is 5.39. The van der Waals surface area contributed by atoms with Crippen molar-refractivity contribution >= 4 is 16.6 Å². The summed E-state index contributed by atoms with van der Waals surface area (Å²) in [6, 6.07) is 12.8. The number of aryl methyl sites for hydroxylation is 4. The number of hydrogen-bond acceptors (Lipinski definition) is 2. The summed E-state index contributed by atoms with van der Waals surface area (Å²) in [4.78, 5) is 0. The van der Waals surface area contributed by atoms with Gasteiger partial charge in [-0.2, -0.15) is 0 Å². The van der Waals surface area contributed by atoms with Crippen LogP contribution in [0.2, 0.25) is 0 Å². The summed E-state index contributed by atoms with van der Waals surface area (Å²) in [5.41, 5.74) is 13.8. The Morgan fingerprint density at radius 3 is 2.58 bits per heavy atom. The van der Waals surface area contributed by atoms with Crippen molar-refractivity contribution in [2.24, 2.45) is 0 Å². The van der Waals surface area contributed by atoms with E-state index in [-0.39, 0.29) is 0 Å². The number of rotatable bonds is 5. The van der Waals surface area contributed by atoms with Gasteiger partial charge in [0.25, 0.3) is 0 Å². The van der Waals surface area contributed by atoms with E-state index < -0.39 is 0 Å². The number of fused-ring (bicyclic) bond motifs is 3. The van der Waals surface area contributed by atoms with Crippen LogP contribution in [0, 0.1) is 13.8 Å². The first kappa shape index (κ1) is 17.0. The Kier molecular flexibility index (Phi) is 4.62. The molecule has 0 fully saturated rings. The van der Waals surface area contributed by atoms with Gasteiger partial charge in [-0.1, -0.05) is 6.07 Å². The van der Waals surface area contributed by atoms with Crippen LogP contribution in [-0.4, -0.2) is 11.2 Å². The lowest BCUT2D eigenvalue weighted by atomic mass is 9.95. The molecular formula is C23H28N2O. The van der Waals surface area contributed by atoms with Gasteiger partial charge in [0.15, 0.2) is 0 Å². The molecule has 0 spiro atoms. The number of nitrogens with zero attached hydrogens (tertiary/aromatic N) is 1. The molecule has 136 valence electrons. The lowest BCUT2D eigenvalue weighted by molar-refractivity contribution is 0.301. The zero-order valence-corrected chi connectivity index (χ0v) is 15.8. The zero-order valence-electron chi connectivity index (χ0n) is 15.8. The number of aromatic nitrogens is 1. The van der Waals surface area contributed by atoms with Crippen molar-refractivity contribution in [3.05, 3.63) is 58.8 Å². The number of nitrogens with two attached hydrogens (primary N) is 1. The molecule has 0 aliphatic heterocycles. The van der Waals surface area contributed by atoms with E-state index in [0.29, 0.717) is 0 Å². The molecule has 3 heteroatoms. The summed E-state index contributed by atoms with van der Waals surface area (Å²) < 4.78 is 8.52. The van der Waals surface area contributed by atoms with Crippen LogP contribution in [0.3, 0.4) is 0 Å². The highest BCUT2D eigenvalue weighted by Crippen LogP contribution is 2.33.